The van der Waals surface area contributed by atoms with Crippen molar-refractivity contribution in [3.05, 3.63) is 0 Å². The fourth-order valence-electron chi connectivity index (χ4n) is 3.14. The van der Waals surface area contributed by atoms with Crippen molar-refractivity contribution in [2.24, 2.45) is 5.92 Å². The molecule has 1 atom stereocenters. The Morgan fingerprint density at radius 3 is 2.73 bits per heavy atom. The van der Waals surface area contributed by atoms with Gasteiger partial charge in [0.05, 0.1) is 5.60 Å². The Morgan fingerprint density at radius 2 is 2.07 bits per heavy atom. The van der Waals surface area contributed by atoms with Crippen LogP contribution in [0.3, 0.4) is 0 Å². The van der Waals surface area contributed by atoms with Crippen molar-refractivity contribution in [3.63, 3.8) is 0 Å². The highest BCUT2D eigenvalue weighted by molar-refractivity contribution is 5.80. The van der Waals surface area contributed by atoms with Crippen LogP contribution in [0.4, 0.5) is 0 Å². The highest BCUT2D eigenvalue weighted by Gasteiger charge is 2.39. The number of ketones is 1. The predicted octanol–water partition coefficient (Wildman–Crippen LogP) is 3.10. The Hall–Kier alpha value is -0.370. The number of Topliss-reactive ketones (excluding diaryl/α,β-unsaturated/α-hetero) is 1. The van der Waals surface area contributed by atoms with Crippen LogP contribution in [0.5, 0.6) is 0 Å². The Morgan fingerprint density at radius 1 is 1.33 bits per heavy atom. The predicted molar refractivity (Wildman–Crippen MR) is 59.8 cm³/mol. The van der Waals surface area contributed by atoms with Gasteiger partial charge in [-0.05, 0) is 25.7 Å². The minimum absolute atomic E-state index is 0.0893. The molecule has 15 heavy (non-hydrogen) atoms. The van der Waals surface area contributed by atoms with Crippen molar-refractivity contribution in [2.75, 3.05) is 6.61 Å². The van der Waals surface area contributed by atoms with Crippen molar-refractivity contribution in [2.45, 2.75) is 63.9 Å². The van der Waals surface area contributed by atoms with Gasteiger partial charge in [-0.25, -0.2) is 0 Å². The monoisotopic (exact) mass is 210 g/mol. The SMILES string of the molecule is CCC(=O)C1CCOC2(CCCCC2)C1. The molecule has 1 saturated carbocycles. The van der Waals surface area contributed by atoms with E-state index < -0.39 is 0 Å². The van der Waals surface area contributed by atoms with Gasteiger partial charge in [0, 0.05) is 18.9 Å². The minimum Gasteiger partial charge on any atom is -0.375 e. The van der Waals surface area contributed by atoms with Crippen molar-refractivity contribution < 1.29 is 9.53 Å². The molecule has 0 bridgehead atoms. The lowest BCUT2D eigenvalue weighted by atomic mass is 9.75. The van der Waals surface area contributed by atoms with E-state index in [4.69, 9.17) is 4.74 Å². The van der Waals surface area contributed by atoms with Gasteiger partial charge < -0.3 is 4.74 Å². The molecule has 0 aromatic rings. The summed E-state index contributed by atoms with van der Waals surface area (Å²) in [7, 11) is 0. The van der Waals surface area contributed by atoms with Gasteiger partial charge >= 0.3 is 0 Å². The Bertz CT molecular complexity index is 223. The van der Waals surface area contributed by atoms with E-state index in [1.54, 1.807) is 0 Å². The summed E-state index contributed by atoms with van der Waals surface area (Å²) in [6, 6.07) is 0. The molecule has 2 aliphatic rings. The molecule has 1 heterocycles. The van der Waals surface area contributed by atoms with Crippen LogP contribution in [-0.4, -0.2) is 18.0 Å². The van der Waals surface area contributed by atoms with Crippen LogP contribution >= 0.6 is 0 Å². The molecule has 1 unspecified atom stereocenters. The van der Waals surface area contributed by atoms with Crippen LogP contribution in [0.15, 0.2) is 0 Å². The lowest BCUT2D eigenvalue weighted by Crippen LogP contribution is -2.43. The second kappa shape index (κ2) is 4.65. The van der Waals surface area contributed by atoms with Crippen LogP contribution < -0.4 is 0 Å². The standard InChI is InChI=1S/C13H22O2/c1-2-12(14)11-6-9-15-13(10-11)7-4-3-5-8-13/h11H,2-10H2,1H3. The quantitative estimate of drug-likeness (QED) is 0.700. The summed E-state index contributed by atoms with van der Waals surface area (Å²) in [6.07, 6.45) is 8.92. The van der Waals surface area contributed by atoms with Gasteiger partial charge in [0.1, 0.15) is 5.78 Å². The number of carbonyl (C=O) groups excluding carboxylic acids is 1. The highest BCUT2D eigenvalue weighted by atomic mass is 16.5. The maximum atomic E-state index is 11.7. The Kier molecular flexibility index (Phi) is 3.45. The molecule has 0 N–H and O–H groups in total. The fourth-order valence-corrected chi connectivity index (χ4v) is 3.14. The first kappa shape index (κ1) is 11.1. The van der Waals surface area contributed by atoms with Gasteiger partial charge in [0.25, 0.3) is 0 Å². The summed E-state index contributed by atoms with van der Waals surface area (Å²) in [4.78, 5) is 11.7. The fraction of sp³-hybridized carbons (Fsp3) is 0.923. The van der Waals surface area contributed by atoms with Gasteiger partial charge in [-0.15, -0.1) is 0 Å². The molecule has 0 amide bonds. The van der Waals surface area contributed by atoms with E-state index in [-0.39, 0.29) is 5.60 Å². The molecule has 2 fully saturated rings. The Balaban J connectivity index is 1.99. The highest BCUT2D eigenvalue weighted by Crippen LogP contribution is 2.40. The zero-order chi connectivity index (χ0) is 10.7. The maximum absolute atomic E-state index is 11.7. The summed E-state index contributed by atoms with van der Waals surface area (Å²) in [5.74, 6) is 0.741. The van der Waals surface area contributed by atoms with Crippen molar-refractivity contribution in [1.82, 2.24) is 0 Å². The molecule has 0 aromatic carbocycles. The summed E-state index contributed by atoms with van der Waals surface area (Å²) in [5.41, 5.74) is 0.0893. The summed E-state index contributed by atoms with van der Waals surface area (Å²) in [5, 5.41) is 0. The van der Waals surface area contributed by atoms with Gasteiger partial charge in [0.15, 0.2) is 0 Å². The first-order chi connectivity index (χ1) is 7.26. The van der Waals surface area contributed by atoms with Gasteiger partial charge in [-0.2, -0.15) is 0 Å². The first-order valence-corrected chi connectivity index (χ1v) is 6.42. The third-order valence-corrected chi connectivity index (χ3v) is 4.06. The van der Waals surface area contributed by atoms with Crippen molar-refractivity contribution in [1.29, 1.82) is 0 Å². The summed E-state index contributed by atoms with van der Waals surface area (Å²) < 4.78 is 5.98. The smallest absolute Gasteiger partial charge is 0.135 e. The van der Waals surface area contributed by atoms with E-state index in [9.17, 15) is 4.79 Å². The largest absolute Gasteiger partial charge is 0.375 e. The van der Waals surface area contributed by atoms with Crippen molar-refractivity contribution in [3.8, 4) is 0 Å². The van der Waals surface area contributed by atoms with Crippen LogP contribution in [0.1, 0.15) is 58.3 Å². The number of hydrogen-bond donors (Lipinski definition) is 0. The molecule has 0 aromatic heterocycles. The van der Waals surface area contributed by atoms with Crippen LogP contribution in [0, 0.1) is 5.92 Å². The number of rotatable bonds is 2. The molecule has 2 nitrogen and oxygen atoms in total. The van der Waals surface area contributed by atoms with E-state index in [1.807, 2.05) is 6.92 Å². The third-order valence-electron chi connectivity index (χ3n) is 4.06. The van der Waals surface area contributed by atoms with Crippen LogP contribution in [0.2, 0.25) is 0 Å². The lowest BCUT2D eigenvalue weighted by molar-refractivity contribution is -0.142. The lowest BCUT2D eigenvalue weighted by Gasteiger charge is -2.43. The van der Waals surface area contributed by atoms with Crippen LogP contribution in [0.25, 0.3) is 0 Å². The van der Waals surface area contributed by atoms with E-state index in [1.165, 1.54) is 32.1 Å². The van der Waals surface area contributed by atoms with E-state index in [2.05, 4.69) is 0 Å². The normalized spacial score (nSPS) is 30.3. The average Bonchev–Trinajstić information content (AvgIpc) is 2.29. The number of hydrogen-bond acceptors (Lipinski definition) is 2. The van der Waals surface area contributed by atoms with Crippen LogP contribution in [-0.2, 0) is 9.53 Å². The molecule has 1 saturated heterocycles. The molecule has 2 heteroatoms. The first-order valence-electron chi connectivity index (χ1n) is 6.42. The average molecular weight is 210 g/mol. The zero-order valence-corrected chi connectivity index (χ0v) is 9.76. The molecule has 2 rings (SSSR count). The van der Waals surface area contributed by atoms with E-state index >= 15 is 0 Å². The van der Waals surface area contributed by atoms with Gasteiger partial charge in [-0.1, -0.05) is 26.2 Å². The zero-order valence-electron chi connectivity index (χ0n) is 9.76. The molecule has 1 aliphatic carbocycles. The Labute approximate surface area is 92.4 Å². The van der Waals surface area contributed by atoms with Gasteiger partial charge in [0.2, 0.25) is 0 Å². The maximum Gasteiger partial charge on any atom is 0.135 e. The summed E-state index contributed by atoms with van der Waals surface area (Å²) >= 11 is 0. The number of carbonyl (C=O) groups is 1. The molecular formula is C13H22O2. The summed E-state index contributed by atoms with van der Waals surface area (Å²) in [6.45, 7) is 2.78. The molecular weight excluding hydrogens is 188 g/mol. The molecule has 86 valence electrons. The third kappa shape index (κ3) is 2.41. The molecule has 1 spiro atoms. The number of ether oxygens (including phenoxy) is 1. The molecule has 1 aliphatic heterocycles. The van der Waals surface area contributed by atoms with E-state index in [0.717, 1.165) is 19.4 Å². The van der Waals surface area contributed by atoms with Crippen molar-refractivity contribution >= 4 is 5.78 Å². The second-order valence-corrected chi connectivity index (χ2v) is 5.10. The minimum atomic E-state index is 0.0893. The molecule has 0 radical (unpaired) electrons. The topological polar surface area (TPSA) is 26.3 Å². The van der Waals surface area contributed by atoms with Gasteiger partial charge in [-0.3, -0.25) is 4.79 Å². The second-order valence-electron chi connectivity index (χ2n) is 5.10. The van der Waals surface area contributed by atoms with E-state index in [0.29, 0.717) is 18.1 Å².